The Bertz CT molecular complexity index is 437. The summed E-state index contributed by atoms with van der Waals surface area (Å²) in [6.45, 7) is 2.13. The third kappa shape index (κ3) is 3.24. The minimum Gasteiger partial charge on any atom is -0.497 e. The Morgan fingerprint density at radius 1 is 1.53 bits per heavy atom. The average Bonchev–Trinajstić information content (AvgIpc) is 2.97. The van der Waals surface area contributed by atoms with Crippen LogP contribution in [0.2, 0.25) is 0 Å². The highest BCUT2D eigenvalue weighted by atomic mass is 127. The highest BCUT2D eigenvalue weighted by Gasteiger charge is 2.33. The summed E-state index contributed by atoms with van der Waals surface area (Å²) in [5.41, 5.74) is 0.803. The fourth-order valence-corrected chi connectivity index (χ4v) is 2.20. The maximum absolute atomic E-state index is 11.7. The number of urea groups is 1. The number of amides is 2. The molecule has 0 spiro atoms. The van der Waals surface area contributed by atoms with E-state index < -0.39 is 0 Å². The molecular weight excluding hydrogens is 331 g/mol. The first kappa shape index (κ1) is 12.5. The van der Waals surface area contributed by atoms with E-state index in [1.807, 2.05) is 18.2 Å². The summed E-state index contributed by atoms with van der Waals surface area (Å²) in [5.74, 6) is 1.40. The summed E-state index contributed by atoms with van der Waals surface area (Å²) < 4.78 is 6.07. The largest absolute Gasteiger partial charge is 0.497 e. The van der Waals surface area contributed by atoms with Gasteiger partial charge in [-0.25, -0.2) is 4.79 Å². The Hall–Kier alpha value is -0.980. The van der Waals surface area contributed by atoms with Crippen LogP contribution in [0.5, 0.6) is 5.75 Å². The summed E-state index contributed by atoms with van der Waals surface area (Å²) in [6.07, 6.45) is 1.08. The second kappa shape index (κ2) is 5.12. The molecule has 0 aliphatic heterocycles. The van der Waals surface area contributed by atoms with Crippen molar-refractivity contribution in [2.24, 2.45) is 5.92 Å². The van der Waals surface area contributed by atoms with E-state index in [0.717, 1.165) is 21.4 Å². The van der Waals surface area contributed by atoms with Gasteiger partial charge < -0.3 is 15.4 Å². The monoisotopic (exact) mass is 346 g/mol. The predicted molar refractivity (Wildman–Crippen MR) is 75.4 cm³/mol. The first-order valence-corrected chi connectivity index (χ1v) is 6.59. The second-order valence-corrected chi connectivity index (χ2v) is 5.43. The van der Waals surface area contributed by atoms with Crippen LogP contribution in [0.15, 0.2) is 18.2 Å². The van der Waals surface area contributed by atoms with Crippen LogP contribution >= 0.6 is 22.6 Å². The standard InChI is InChI=1S/C12H15IN2O2/c1-7-5-11(7)15-12(16)14-10-4-3-8(17-2)6-9(10)13/h3-4,6-7,11H,5H2,1-2H3,(H2,14,15,16)/t7-,11-/m0/s1. The normalized spacial score (nSPS) is 21.8. The van der Waals surface area contributed by atoms with E-state index in [9.17, 15) is 4.79 Å². The predicted octanol–water partition coefficient (Wildman–Crippen LogP) is 2.83. The van der Waals surface area contributed by atoms with E-state index in [1.165, 1.54) is 0 Å². The van der Waals surface area contributed by atoms with Crippen molar-refractivity contribution in [1.82, 2.24) is 5.32 Å². The Morgan fingerprint density at radius 3 is 2.76 bits per heavy atom. The molecule has 5 heteroatoms. The third-order valence-corrected chi connectivity index (χ3v) is 3.74. The van der Waals surface area contributed by atoms with Gasteiger partial charge in [0.05, 0.1) is 12.8 Å². The zero-order valence-corrected chi connectivity index (χ0v) is 11.9. The van der Waals surface area contributed by atoms with Crippen molar-refractivity contribution in [3.8, 4) is 5.75 Å². The van der Waals surface area contributed by atoms with Gasteiger partial charge in [-0.15, -0.1) is 0 Å². The SMILES string of the molecule is COc1ccc(NC(=O)N[C@H]2C[C@@H]2C)c(I)c1. The van der Waals surface area contributed by atoms with Gasteiger partial charge in [0.2, 0.25) is 0 Å². The zero-order chi connectivity index (χ0) is 12.4. The molecule has 4 nitrogen and oxygen atoms in total. The number of carbonyl (C=O) groups excluding carboxylic acids is 1. The van der Waals surface area contributed by atoms with Crippen LogP contribution < -0.4 is 15.4 Å². The van der Waals surface area contributed by atoms with Crippen molar-refractivity contribution < 1.29 is 9.53 Å². The number of anilines is 1. The van der Waals surface area contributed by atoms with Crippen molar-refractivity contribution in [2.45, 2.75) is 19.4 Å². The van der Waals surface area contributed by atoms with E-state index >= 15 is 0 Å². The van der Waals surface area contributed by atoms with E-state index in [4.69, 9.17) is 4.74 Å². The van der Waals surface area contributed by atoms with Crippen LogP contribution in [-0.4, -0.2) is 19.2 Å². The van der Waals surface area contributed by atoms with Crippen LogP contribution in [0.1, 0.15) is 13.3 Å². The van der Waals surface area contributed by atoms with Crippen molar-refractivity contribution in [2.75, 3.05) is 12.4 Å². The topological polar surface area (TPSA) is 50.4 Å². The van der Waals surface area contributed by atoms with E-state index in [1.54, 1.807) is 7.11 Å². The molecule has 1 fully saturated rings. The fourth-order valence-electron chi connectivity index (χ4n) is 1.57. The maximum Gasteiger partial charge on any atom is 0.319 e. The lowest BCUT2D eigenvalue weighted by Crippen LogP contribution is -2.31. The highest BCUT2D eigenvalue weighted by molar-refractivity contribution is 14.1. The van der Waals surface area contributed by atoms with E-state index in [0.29, 0.717) is 12.0 Å². The lowest BCUT2D eigenvalue weighted by molar-refractivity contribution is 0.251. The molecule has 0 radical (unpaired) electrons. The molecule has 2 rings (SSSR count). The molecular formula is C12H15IN2O2. The van der Waals surface area contributed by atoms with Gasteiger partial charge in [-0.2, -0.15) is 0 Å². The van der Waals surface area contributed by atoms with Gasteiger partial charge in [0.25, 0.3) is 0 Å². The average molecular weight is 346 g/mol. The van der Waals surface area contributed by atoms with Gasteiger partial charge in [-0.3, -0.25) is 0 Å². The molecule has 1 aliphatic carbocycles. The Labute approximate surface area is 114 Å². The molecule has 1 aromatic rings. The molecule has 0 bridgehead atoms. The second-order valence-electron chi connectivity index (χ2n) is 4.26. The lowest BCUT2D eigenvalue weighted by Gasteiger charge is -2.09. The quantitative estimate of drug-likeness (QED) is 0.827. The van der Waals surface area contributed by atoms with Crippen molar-refractivity contribution in [3.63, 3.8) is 0 Å². The molecule has 0 heterocycles. The molecule has 92 valence electrons. The molecule has 1 aromatic carbocycles. The number of ether oxygens (including phenoxy) is 1. The minimum atomic E-state index is -0.137. The van der Waals surface area contributed by atoms with E-state index in [2.05, 4.69) is 40.1 Å². The number of carbonyl (C=O) groups is 1. The summed E-state index contributed by atoms with van der Waals surface area (Å²) >= 11 is 2.17. The summed E-state index contributed by atoms with van der Waals surface area (Å²) in [7, 11) is 1.62. The van der Waals surface area contributed by atoms with Gasteiger partial charge in [-0.05, 0) is 53.1 Å². The van der Waals surface area contributed by atoms with Gasteiger partial charge in [-0.1, -0.05) is 6.92 Å². The maximum atomic E-state index is 11.7. The number of hydrogen-bond acceptors (Lipinski definition) is 2. The molecule has 1 saturated carbocycles. The Balaban J connectivity index is 1.95. The molecule has 17 heavy (non-hydrogen) atoms. The molecule has 2 atom stereocenters. The molecule has 0 saturated heterocycles. The summed E-state index contributed by atoms with van der Waals surface area (Å²) in [4.78, 5) is 11.7. The zero-order valence-electron chi connectivity index (χ0n) is 9.79. The van der Waals surface area contributed by atoms with Gasteiger partial charge in [0.15, 0.2) is 0 Å². The number of rotatable bonds is 3. The number of hydrogen-bond donors (Lipinski definition) is 2. The number of nitrogens with one attached hydrogen (secondary N) is 2. The first-order chi connectivity index (χ1) is 8.10. The molecule has 2 amide bonds. The van der Waals surface area contributed by atoms with Crippen LogP contribution in [0.3, 0.4) is 0 Å². The van der Waals surface area contributed by atoms with Crippen LogP contribution in [0, 0.1) is 9.49 Å². The first-order valence-electron chi connectivity index (χ1n) is 5.51. The van der Waals surface area contributed by atoms with Crippen LogP contribution in [-0.2, 0) is 0 Å². The summed E-state index contributed by atoms with van der Waals surface area (Å²) in [5, 5.41) is 5.76. The van der Waals surface area contributed by atoms with Gasteiger partial charge in [0.1, 0.15) is 5.75 Å². The minimum absolute atomic E-state index is 0.137. The van der Waals surface area contributed by atoms with Crippen molar-refractivity contribution >= 4 is 34.3 Å². The fraction of sp³-hybridized carbons (Fsp3) is 0.417. The lowest BCUT2D eigenvalue weighted by atomic mass is 10.3. The van der Waals surface area contributed by atoms with Crippen molar-refractivity contribution in [3.05, 3.63) is 21.8 Å². The van der Waals surface area contributed by atoms with Crippen molar-refractivity contribution in [1.29, 1.82) is 0 Å². The molecule has 2 N–H and O–H groups in total. The third-order valence-electron chi connectivity index (χ3n) is 2.85. The number of halogens is 1. The van der Waals surface area contributed by atoms with Crippen LogP contribution in [0.25, 0.3) is 0 Å². The van der Waals surface area contributed by atoms with Crippen LogP contribution in [0.4, 0.5) is 10.5 Å². The smallest absolute Gasteiger partial charge is 0.319 e. The number of benzene rings is 1. The molecule has 0 aromatic heterocycles. The Morgan fingerprint density at radius 2 is 2.24 bits per heavy atom. The van der Waals surface area contributed by atoms with Gasteiger partial charge >= 0.3 is 6.03 Å². The van der Waals surface area contributed by atoms with E-state index in [-0.39, 0.29) is 6.03 Å². The number of methoxy groups -OCH3 is 1. The summed E-state index contributed by atoms with van der Waals surface area (Å²) in [6, 6.07) is 5.76. The molecule has 1 aliphatic rings. The molecule has 0 unspecified atom stereocenters. The Kier molecular flexibility index (Phi) is 3.76. The van der Waals surface area contributed by atoms with Gasteiger partial charge in [0, 0.05) is 9.61 Å². The highest BCUT2D eigenvalue weighted by Crippen LogP contribution is 2.29.